The zero-order chi connectivity index (χ0) is 19.1. The van der Waals surface area contributed by atoms with Gasteiger partial charge >= 0.3 is 0 Å². The fourth-order valence-corrected chi connectivity index (χ4v) is 4.38. The largest absolute Gasteiger partial charge is 0.451 e. The average Bonchev–Trinajstić information content (AvgIpc) is 3.28. The minimum atomic E-state index is -0.253. The highest BCUT2D eigenvalue weighted by Gasteiger charge is 2.36. The molecule has 28 heavy (non-hydrogen) atoms. The lowest BCUT2D eigenvalue weighted by Crippen LogP contribution is -2.32. The number of nitrogens with zero attached hydrogens (tertiary/aromatic N) is 4. The summed E-state index contributed by atoms with van der Waals surface area (Å²) < 4.78 is 7.98. The molecule has 1 saturated heterocycles. The van der Waals surface area contributed by atoms with Crippen LogP contribution in [0.1, 0.15) is 60.3 Å². The Morgan fingerprint density at radius 1 is 1.07 bits per heavy atom. The zero-order valence-electron chi connectivity index (χ0n) is 15.6. The van der Waals surface area contributed by atoms with E-state index in [4.69, 9.17) is 4.42 Å². The van der Waals surface area contributed by atoms with Crippen molar-refractivity contribution in [2.75, 3.05) is 6.54 Å². The van der Waals surface area contributed by atoms with Gasteiger partial charge in [0.05, 0.1) is 11.4 Å². The second-order valence-electron chi connectivity index (χ2n) is 7.56. The number of carbonyl (C=O) groups is 1. The zero-order valence-corrected chi connectivity index (χ0v) is 15.6. The standard InChI is InChI=1S/C21H22N4O3/c26-16-13-18(28-17-9-4-3-7-14(16)17)21(27)24-12-6-8-15(24)20-23-22-19-10-2-1-5-11-25(19)20/h3-4,7,9,13,15H,1-2,5-6,8,10-12H2. The molecule has 1 aromatic carbocycles. The van der Waals surface area contributed by atoms with Crippen molar-refractivity contribution in [3.63, 3.8) is 0 Å². The van der Waals surface area contributed by atoms with Crippen LogP contribution in [-0.4, -0.2) is 32.1 Å². The SMILES string of the molecule is O=C(c1cc(=O)c2ccccc2o1)N1CCCC1c1nnc2n1CCCCC2. The first-order valence-corrected chi connectivity index (χ1v) is 9.98. The summed E-state index contributed by atoms with van der Waals surface area (Å²) in [5.74, 6) is 1.72. The minimum Gasteiger partial charge on any atom is -0.451 e. The summed E-state index contributed by atoms with van der Waals surface area (Å²) in [6, 6.07) is 8.19. The van der Waals surface area contributed by atoms with Crippen LogP contribution in [-0.2, 0) is 13.0 Å². The first-order valence-electron chi connectivity index (χ1n) is 9.98. The summed E-state index contributed by atoms with van der Waals surface area (Å²) in [5.41, 5.74) is 0.239. The molecule has 2 aliphatic heterocycles. The van der Waals surface area contributed by atoms with Crippen molar-refractivity contribution in [2.24, 2.45) is 0 Å². The molecule has 5 rings (SSSR count). The number of amides is 1. The van der Waals surface area contributed by atoms with Crippen molar-refractivity contribution < 1.29 is 9.21 Å². The monoisotopic (exact) mass is 378 g/mol. The van der Waals surface area contributed by atoms with Crippen LogP contribution in [0.15, 0.2) is 39.5 Å². The molecule has 7 heteroatoms. The van der Waals surface area contributed by atoms with Crippen LogP contribution in [0, 0.1) is 0 Å². The van der Waals surface area contributed by atoms with Gasteiger partial charge in [-0.05, 0) is 37.8 Å². The molecule has 0 spiro atoms. The Morgan fingerprint density at radius 2 is 1.96 bits per heavy atom. The molecular formula is C21H22N4O3. The number of aromatic nitrogens is 3. The van der Waals surface area contributed by atoms with Crippen molar-refractivity contribution in [3.8, 4) is 0 Å². The third-order valence-electron chi connectivity index (χ3n) is 5.80. The number of rotatable bonds is 2. The summed E-state index contributed by atoms with van der Waals surface area (Å²) in [4.78, 5) is 27.4. The van der Waals surface area contributed by atoms with Crippen LogP contribution in [0.5, 0.6) is 0 Å². The minimum absolute atomic E-state index is 0.0891. The highest BCUT2D eigenvalue weighted by atomic mass is 16.3. The van der Waals surface area contributed by atoms with E-state index in [2.05, 4.69) is 14.8 Å². The third-order valence-corrected chi connectivity index (χ3v) is 5.80. The van der Waals surface area contributed by atoms with Gasteiger partial charge < -0.3 is 13.9 Å². The number of aryl methyl sites for hydroxylation is 1. The summed E-state index contributed by atoms with van der Waals surface area (Å²) in [7, 11) is 0. The molecule has 0 aliphatic carbocycles. The van der Waals surface area contributed by atoms with Crippen molar-refractivity contribution in [2.45, 2.75) is 51.1 Å². The van der Waals surface area contributed by atoms with Crippen molar-refractivity contribution in [1.82, 2.24) is 19.7 Å². The summed E-state index contributed by atoms with van der Waals surface area (Å²) in [5, 5.41) is 9.31. The van der Waals surface area contributed by atoms with E-state index in [1.165, 1.54) is 12.5 Å². The molecule has 0 N–H and O–H groups in total. The molecule has 2 aromatic heterocycles. The van der Waals surface area contributed by atoms with E-state index in [1.807, 2.05) is 0 Å². The molecule has 144 valence electrons. The van der Waals surface area contributed by atoms with Gasteiger partial charge in [0.15, 0.2) is 17.0 Å². The molecule has 4 heterocycles. The quantitative estimate of drug-likeness (QED) is 0.684. The molecule has 3 aromatic rings. The first kappa shape index (κ1) is 17.2. The third kappa shape index (κ3) is 2.82. The van der Waals surface area contributed by atoms with Gasteiger partial charge in [-0.15, -0.1) is 10.2 Å². The van der Waals surface area contributed by atoms with Gasteiger partial charge in [-0.3, -0.25) is 9.59 Å². The number of hydrogen-bond donors (Lipinski definition) is 0. The average molecular weight is 378 g/mol. The second kappa shape index (κ2) is 6.89. The summed E-state index contributed by atoms with van der Waals surface area (Å²) in [6.45, 7) is 1.53. The van der Waals surface area contributed by atoms with Gasteiger partial charge in [0.1, 0.15) is 11.4 Å². The van der Waals surface area contributed by atoms with Gasteiger partial charge in [-0.2, -0.15) is 0 Å². The van der Waals surface area contributed by atoms with Crippen LogP contribution in [0.4, 0.5) is 0 Å². The number of fused-ring (bicyclic) bond motifs is 2. The number of benzene rings is 1. The Hall–Kier alpha value is -2.96. The fraction of sp³-hybridized carbons (Fsp3) is 0.429. The van der Waals surface area contributed by atoms with Gasteiger partial charge in [-0.1, -0.05) is 18.6 Å². The van der Waals surface area contributed by atoms with E-state index in [0.29, 0.717) is 17.5 Å². The van der Waals surface area contributed by atoms with Crippen LogP contribution in [0.3, 0.4) is 0 Å². The molecule has 1 atom stereocenters. The predicted octanol–water partition coefficient (Wildman–Crippen LogP) is 3.09. The maximum atomic E-state index is 13.2. The Bertz CT molecular complexity index is 1100. The van der Waals surface area contributed by atoms with E-state index in [1.54, 1.807) is 29.2 Å². The van der Waals surface area contributed by atoms with Crippen LogP contribution >= 0.6 is 0 Å². The summed E-state index contributed by atoms with van der Waals surface area (Å²) >= 11 is 0. The number of carbonyl (C=O) groups excluding carboxylic acids is 1. The number of hydrogen-bond acceptors (Lipinski definition) is 5. The smallest absolute Gasteiger partial charge is 0.290 e. The van der Waals surface area contributed by atoms with E-state index in [0.717, 1.165) is 50.3 Å². The lowest BCUT2D eigenvalue weighted by molar-refractivity contribution is 0.0695. The van der Waals surface area contributed by atoms with Crippen LogP contribution in [0.25, 0.3) is 11.0 Å². The van der Waals surface area contributed by atoms with Gasteiger partial charge in [0, 0.05) is 25.6 Å². The van der Waals surface area contributed by atoms with Crippen molar-refractivity contribution in [1.29, 1.82) is 0 Å². The molecular weight excluding hydrogens is 356 g/mol. The predicted molar refractivity (Wildman–Crippen MR) is 103 cm³/mol. The first-order chi connectivity index (χ1) is 13.7. The van der Waals surface area contributed by atoms with Gasteiger partial charge in [0.25, 0.3) is 5.91 Å². The summed E-state index contributed by atoms with van der Waals surface area (Å²) in [6.07, 6.45) is 6.12. The lowest BCUT2D eigenvalue weighted by atomic mass is 10.2. The molecule has 0 saturated carbocycles. The molecule has 0 bridgehead atoms. The topological polar surface area (TPSA) is 81.2 Å². The highest BCUT2D eigenvalue weighted by molar-refractivity contribution is 5.93. The van der Waals surface area contributed by atoms with E-state index < -0.39 is 0 Å². The highest BCUT2D eigenvalue weighted by Crippen LogP contribution is 2.33. The Kier molecular flexibility index (Phi) is 4.22. The Labute approximate surface area is 162 Å². The molecule has 7 nitrogen and oxygen atoms in total. The maximum absolute atomic E-state index is 13.2. The van der Waals surface area contributed by atoms with Crippen LogP contribution in [0.2, 0.25) is 0 Å². The maximum Gasteiger partial charge on any atom is 0.290 e. The number of para-hydroxylation sites is 1. The van der Waals surface area contributed by atoms with Gasteiger partial charge in [-0.25, -0.2) is 0 Å². The van der Waals surface area contributed by atoms with Gasteiger partial charge in [0.2, 0.25) is 0 Å². The molecule has 2 aliphatic rings. The van der Waals surface area contributed by atoms with Crippen LogP contribution < -0.4 is 5.43 Å². The van der Waals surface area contributed by atoms with E-state index >= 15 is 0 Å². The van der Waals surface area contributed by atoms with E-state index in [9.17, 15) is 9.59 Å². The van der Waals surface area contributed by atoms with E-state index in [-0.39, 0.29) is 23.1 Å². The number of likely N-dealkylation sites (tertiary alicyclic amines) is 1. The normalized spacial score (nSPS) is 19.6. The second-order valence-corrected chi connectivity index (χ2v) is 7.56. The molecule has 1 unspecified atom stereocenters. The van der Waals surface area contributed by atoms with Crippen molar-refractivity contribution >= 4 is 16.9 Å². The van der Waals surface area contributed by atoms with Crippen molar-refractivity contribution in [3.05, 3.63) is 58.0 Å². The molecule has 1 amide bonds. The fourth-order valence-electron chi connectivity index (χ4n) is 4.38. The molecule has 0 radical (unpaired) electrons. The molecule has 1 fully saturated rings. The Morgan fingerprint density at radius 3 is 2.89 bits per heavy atom. The Balaban J connectivity index is 1.50. The lowest BCUT2D eigenvalue weighted by Gasteiger charge is -2.24.